The number of carbonyl (C=O) groups excluding carboxylic acids is 1. The van der Waals surface area contributed by atoms with Gasteiger partial charge in [0.25, 0.3) is 0 Å². The molecule has 1 saturated carbocycles. The zero-order chi connectivity index (χ0) is 13.0. The van der Waals surface area contributed by atoms with Crippen LogP contribution in [0.25, 0.3) is 0 Å². The van der Waals surface area contributed by atoms with E-state index in [2.05, 4.69) is 12.2 Å². The molecule has 0 bridgehead atoms. The second-order valence-corrected chi connectivity index (χ2v) is 4.71. The van der Waals surface area contributed by atoms with Gasteiger partial charge in [-0.15, -0.1) is 0 Å². The maximum Gasteiger partial charge on any atom is 0.326 e. The standard InChI is InChI=1S/C11H20N2O4/c1-7-5-8(7)6-13(2)11(17)12-9(3-4-14)10(15)16/h7-9,14H,3-6H2,1-2H3,(H,12,17)(H,15,16)/t7?,8?,9-/m1/s1. The summed E-state index contributed by atoms with van der Waals surface area (Å²) in [6.07, 6.45) is 1.14. The maximum absolute atomic E-state index is 11.7. The van der Waals surface area contributed by atoms with E-state index in [1.807, 2.05) is 0 Å². The van der Waals surface area contributed by atoms with E-state index in [0.29, 0.717) is 18.4 Å². The fourth-order valence-electron chi connectivity index (χ4n) is 1.73. The van der Waals surface area contributed by atoms with Gasteiger partial charge in [0.2, 0.25) is 0 Å². The molecule has 6 heteroatoms. The van der Waals surface area contributed by atoms with E-state index in [1.54, 1.807) is 7.05 Å². The van der Waals surface area contributed by atoms with Gasteiger partial charge in [0, 0.05) is 26.6 Å². The van der Waals surface area contributed by atoms with E-state index in [-0.39, 0.29) is 13.0 Å². The van der Waals surface area contributed by atoms with E-state index in [4.69, 9.17) is 10.2 Å². The number of carbonyl (C=O) groups is 2. The number of amides is 2. The Bertz CT molecular complexity index is 295. The molecule has 0 heterocycles. The van der Waals surface area contributed by atoms with Gasteiger partial charge in [0.15, 0.2) is 0 Å². The summed E-state index contributed by atoms with van der Waals surface area (Å²) in [6, 6.07) is -1.42. The van der Waals surface area contributed by atoms with Crippen molar-refractivity contribution in [2.75, 3.05) is 20.2 Å². The zero-order valence-corrected chi connectivity index (χ0v) is 10.2. The third-order valence-corrected chi connectivity index (χ3v) is 3.14. The largest absolute Gasteiger partial charge is 0.480 e. The van der Waals surface area contributed by atoms with Crippen molar-refractivity contribution in [1.82, 2.24) is 10.2 Å². The molecule has 0 saturated heterocycles. The molecule has 0 aliphatic heterocycles. The van der Waals surface area contributed by atoms with Crippen molar-refractivity contribution in [2.24, 2.45) is 11.8 Å². The minimum Gasteiger partial charge on any atom is -0.480 e. The van der Waals surface area contributed by atoms with Crippen LogP contribution in [0, 0.1) is 11.8 Å². The maximum atomic E-state index is 11.7. The Labute approximate surface area is 101 Å². The average molecular weight is 244 g/mol. The highest BCUT2D eigenvalue weighted by atomic mass is 16.4. The SMILES string of the molecule is CC1CC1CN(C)C(=O)N[C@H](CCO)C(=O)O. The van der Waals surface area contributed by atoms with Gasteiger partial charge in [-0.1, -0.05) is 6.92 Å². The summed E-state index contributed by atoms with van der Waals surface area (Å²) in [6.45, 7) is 2.52. The number of nitrogens with one attached hydrogen (secondary N) is 1. The molecule has 0 aromatic heterocycles. The van der Waals surface area contributed by atoms with Crippen LogP contribution in [-0.4, -0.2) is 53.4 Å². The second kappa shape index (κ2) is 5.86. The predicted molar refractivity (Wildman–Crippen MR) is 61.6 cm³/mol. The first-order valence-electron chi connectivity index (χ1n) is 5.81. The van der Waals surface area contributed by atoms with Gasteiger partial charge >= 0.3 is 12.0 Å². The minimum atomic E-state index is -1.12. The number of aliphatic carboxylic acids is 1. The van der Waals surface area contributed by atoms with E-state index in [9.17, 15) is 9.59 Å². The first-order valence-corrected chi connectivity index (χ1v) is 5.81. The smallest absolute Gasteiger partial charge is 0.326 e. The Morgan fingerprint density at radius 3 is 2.53 bits per heavy atom. The Kier molecular flexibility index (Phi) is 4.74. The van der Waals surface area contributed by atoms with Crippen LogP contribution >= 0.6 is 0 Å². The Balaban J connectivity index is 2.37. The predicted octanol–water partition coefficient (Wildman–Crippen LogP) is 0.119. The van der Waals surface area contributed by atoms with Crippen molar-refractivity contribution in [2.45, 2.75) is 25.8 Å². The molecule has 0 aromatic carbocycles. The van der Waals surface area contributed by atoms with E-state index >= 15 is 0 Å². The number of hydrogen-bond acceptors (Lipinski definition) is 3. The molecule has 0 spiro atoms. The van der Waals surface area contributed by atoms with Crippen molar-refractivity contribution in [3.05, 3.63) is 0 Å². The molecule has 98 valence electrons. The second-order valence-electron chi connectivity index (χ2n) is 4.71. The van der Waals surface area contributed by atoms with Gasteiger partial charge in [-0.3, -0.25) is 0 Å². The lowest BCUT2D eigenvalue weighted by atomic mass is 10.2. The highest BCUT2D eigenvalue weighted by Gasteiger charge is 2.34. The fraction of sp³-hybridized carbons (Fsp3) is 0.818. The summed E-state index contributed by atoms with van der Waals surface area (Å²) < 4.78 is 0. The topological polar surface area (TPSA) is 89.9 Å². The lowest BCUT2D eigenvalue weighted by Gasteiger charge is -2.21. The van der Waals surface area contributed by atoms with Crippen molar-refractivity contribution in [1.29, 1.82) is 0 Å². The van der Waals surface area contributed by atoms with Gasteiger partial charge in [0.05, 0.1) is 0 Å². The third kappa shape index (κ3) is 4.22. The number of aliphatic hydroxyl groups is 1. The first kappa shape index (κ1) is 13.8. The van der Waals surface area contributed by atoms with Crippen LogP contribution in [0.15, 0.2) is 0 Å². The van der Waals surface area contributed by atoms with E-state index in [0.717, 1.165) is 6.42 Å². The fourth-order valence-corrected chi connectivity index (χ4v) is 1.73. The van der Waals surface area contributed by atoms with Crippen LogP contribution in [0.1, 0.15) is 19.8 Å². The molecule has 2 unspecified atom stereocenters. The zero-order valence-electron chi connectivity index (χ0n) is 10.2. The Morgan fingerprint density at radius 2 is 2.12 bits per heavy atom. The molecule has 1 aliphatic carbocycles. The number of rotatable bonds is 6. The molecule has 6 nitrogen and oxygen atoms in total. The van der Waals surface area contributed by atoms with Crippen molar-refractivity contribution >= 4 is 12.0 Å². The van der Waals surface area contributed by atoms with Crippen LogP contribution in [-0.2, 0) is 4.79 Å². The highest BCUT2D eigenvalue weighted by Crippen LogP contribution is 2.37. The average Bonchev–Trinajstić information content (AvgIpc) is 2.93. The van der Waals surface area contributed by atoms with Gasteiger partial charge in [-0.05, 0) is 18.3 Å². The summed E-state index contributed by atoms with van der Waals surface area (Å²) in [5.74, 6) is 0.0606. The minimum absolute atomic E-state index is 0.0226. The summed E-state index contributed by atoms with van der Waals surface area (Å²) in [5.41, 5.74) is 0. The Hall–Kier alpha value is -1.30. The normalized spacial score (nSPS) is 23.9. The van der Waals surface area contributed by atoms with Crippen LogP contribution in [0.4, 0.5) is 4.79 Å². The van der Waals surface area contributed by atoms with Crippen LogP contribution in [0.2, 0.25) is 0 Å². The van der Waals surface area contributed by atoms with Crippen LogP contribution in [0.5, 0.6) is 0 Å². The molecule has 2 amide bonds. The number of hydrogen-bond donors (Lipinski definition) is 3. The number of nitrogens with zero attached hydrogens (tertiary/aromatic N) is 1. The molecule has 1 fully saturated rings. The van der Waals surface area contributed by atoms with Gasteiger partial charge in [0.1, 0.15) is 6.04 Å². The number of carboxylic acids is 1. The lowest BCUT2D eigenvalue weighted by molar-refractivity contribution is -0.139. The molecular weight excluding hydrogens is 224 g/mol. The molecule has 0 aromatic rings. The number of aliphatic hydroxyl groups excluding tert-OH is 1. The molecule has 1 aliphatic rings. The van der Waals surface area contributed by atoms with Crippen molar-refractivity contribution in [3.8, 4) is 0 Å². The molecular formula is C11H20N2O4. The van der Waals surface area contributed by atoms with Crippen molar-refractivity contribution in [3.63, 3.8) is 0 Å². The van der Waals surface area contributed by atoms with E-state index < -0.39 is 18.0 Å². The highest BCUT2D eigenvalue weighted by molar-refractivity contribution is 5.82. The summed E-state index contributed by atoms with van der Waals surface area (Å²) in [5, 5.41) is 19.9. The third-order valence-electron chi connectivity index (χ3n) is 3.14. The van der Waals surface area contributed by atoms with Gasteiger partial charge in [-0.2, -0.15) is 0 Å². The molecule has 17 heavy (non-hydrogen) atoms. The Morgan fingerprint density at radius 1 is 1.53 bits per heavy atom. The molecule has 3 N–H and O–H groups in total. The molecule has 1 rings (SSSR count). The summed E-state index contributed by atoms with van der Waals surface area (Å²) in [4.78, 5) is 24.0. The summed E-state index contributed by atoms with van der Waals surface area (Å²) in [7, 11) is 1.65. The summed E-state index contributed by atoms with van der Waals surface area (Å²) >= 11 is 0. The van der Waals surface area contributed by atoms with E-state index in [1.165, 1.54) is 4.90 Å². The molecule has 3 atom stereocenters. The van der Waals surface area contributed by atoms with Gasteiger partial charge in [-0.25, -0.2) is 9.59 Å². The van der Waals surface area contributed by atoms with Gasteiger partial charge < -0.3 is 20.4 Å². The number of carboxylic acid groups (broad SMARTS) is 1. The number of urea groups is 1. The van der Waals surface area contributed by atoms with Crippen LogP contribution < -0.4 is 5.32 Å². The lowest BCUT2D eigenvalue weighted by Crippen LogP contribution is -2.47. The first-order chi connectivity index (χ1) is 7.95. The van der Waals surface area contributed by atoms with Crippen molar-refractivity contribution < 1.29 is 19.8 Å². The quantitative estimate of drug-likeness (QED) is 0.619. The molecule has 0 radical (unpaired) electrons. The monoisotopic (exact) mass is 244 g/mol. The van der Waals surface area contributed by atoms with Crippen LogP contribution in [0.3, 0.4) is 0 Å².